The Morgan fingerprint density at radius 2 is 2.17 bits per heavy atom. The number of pyridine rings is 1. The van der Waals surface area contributed by atoms with E-state index < -0.39 is 0 Å². The molecular formula is C23H26BrN3OS. The third kappa shape index (κ3) is 3.92. The van der Waals surface area contributed by atoms with Crippen LogP contribution in [0.3, 0.4) is 0 Å². The van der Waals surface area contributed by atoms with E-state index in [-0.39, 0.29) is 5.91 Å². The van der Waals surface area contributed by atoms with Crippen molar-refractivity contribution in [3.63, 3.8) is 0 Å². The van der Waals surface area contributed by atoms with Gasteiger partial charge >= 0.3 is 0 Å². The average molecular weight is 472 g/mol. The van der Waals surface area contributed by atoms with Crippen molar-refractivity contribution in [2.45, 2.75) is 46.5 Å². The molecule has 1 amide bonds. The minimum Gasteiger partial charge on any atom is -0.397 e. The summed E-state index contributed by atoms with van der Waals surface area (Å²) in [6.45, 7) is 6.99. The lowest BCUT2D eigenvalue weighted by Crippen LogP contribution is -2.29. The van der Waals surface area contributed by atoms with Gasteiger partial charge < -0.3 is 11.1 Å². The number of nitrogens with zero attached hydrogens (tertiary/aromatic N) is 1. The molecule has 4 rings (SSSR count). The fourth-order valence-electron chi connectivity index (χ4n) is 4.07. The predicted molar refractivity (Wildman–Crippen MR) is 126 cm³/mol. The molecule has 6 heteroatoms. The highest BCUT2D eigenvalue weighted by atomic mass is 79.9. The second-order valence-electron chi connectivity index (χ2n) is 8.54. The Balaban J connectivity index is 1.65. The molecule has 0 fully saturated rings. The van der Waals surface area contributed by atoms with Gasteiger partial charge in [0.15, 0.2) is 0 Å². The van der Waals surface area contributed by atoms with Crippen LogP contribution in [-0.4, -0.2) is 10.9 Å². The van der Waals surface area contributed by atoms with Crippen molar-refractivity contribution < 1.29 is 4.79 Å². The van der Waals surface area contributed by atoms with Gasteiger partial charge in [0.1, 0.15) is 9.71 Å². The summed E-state index contributed by atoms with van der Waals surface area (Å²) in [6, 6.07) is 9.72. The van der Waals surface area contributed by atoms with Crippen molar-refractivity contribution >= 4 is 54.8 Å². The third-order valence-electron chi connectivity index (χ3n) is 6.39. The minimum atomic E-state index is -0.188. The van der Waals surface area contributed by atoms with Crippen LogP contribution in [0.4, 0.5) is 11.4 Å². The van der Waals surface area contributed by atoms with Gasteiger partial charge in [0.25, 0.3) is 5.91 Å². The van der Waals surface area contributed by atoms with Crippen molar-refractivity contribution in [3.8, 4) is 0 Å². The summed E-state index contributed by atoms with van der Waals surface area (Å²) in [5.74, 6) is 0.463. The number of rotatable bonds is 4. The Kier molecular flexibility index (Phi) is 5.42. The summed E-state index contributed by atoms with van der Waals surface area (Å²) < 4.78 is 0.915. The lowest BCUT2D eigenvalue weighted by molar-refractivity contribution is 0.103. The fraction of sp³-hybridized carbons (Fsp3) is 0.391. The maximum atomic E-state index is 12.8. The van der Waals surface area contributed by atoms with Crippen molar-refractivity contribution in [1.82, 2.24) is 4.98 Å². The van der Waals surface area contributed by atoms with E-state index in [1.807, 2.05) is 24.3 Å². The van der Waals surface area contributed by atoms with Crippen LogP contribution in [0.15, 0.2) is 34.8 Å². The first-order valence-corrected chi connectivity index (χ1v) is 11.7. The first kappa shape index (κ1) is 20.4. The van der Waals surface area contributed by atoms with Gasteiger partial charge in [-0.1, -0.05) is 49.2 Å². The van der Waals surface area contributed by atoms with Crippen LogP contribution in [0.2, 0.25) is 0 Å². The molecule has 1 aliphatic carbocycles. The molecular weight excluding hydrogens is 446 g/mol. The van der Waals surface area contributed by atoms with E-state index in [9.17, 15) is 4.79 Å². The van der Waals surface area contributed by atoms with Crippen molar-refractivity contribution in [2.24, 2.45) is 11.3 Å². The van der Waals surface area contributed by atoms with E-state index in [4.69, 9.17) is 10.7 Å². The first-order valence-electron chi connectivity index (χ1n) is 10.1. The second kappa shape index (κ2) is 7.73. The normalized spacial score (nSPS) is 16.6. The second-order valence-corrected chi connectivity index (χ2v) is 10.5. The number of nitrogens with two attached hydrogens (primary N) is 1. The number of carbonyl (C=O) groups is 1. The molecule has 29 heavy (non-hydrogen) atoms. The highest BCUT2D eigenvalue weighted by Gasteiger charge is 2.32. The summed E-state index contributed by atoms with van der Waals surface area (Å²) in [4.78, 5) is 19.1. The molecule has 152 valence electrons. The summed E-state index contributed by atoms with van der Waals surface area (Å²) >= 11 is 4.81. The van der Waals surface area contributed by atoms with Crippen molar-refractivity contribution in [1.29, 1.82) is 0 Å². The van der Waals surface area contributed by atoms with Crippen LogP contribution in [0.25, 0.3) is 10.2 Å². The number of amides is 1. The molecule has 3 N–H and O–H groups in total. The van der Waals surface area contributed by atoms with Crippen LogP contribution in [-0.2, 0) is 12.8 Å². The molecule has 0 aliphatic heterocycles. The molecule has 1 atom stereocenters. The number of hydrogen-bond acceptors (Lipinski definition) is 4. The third-order valence-corrected chi connectivity index (χ3v) is 8.00. The number of anilines is 2. The summed E-state index contributed by atoms with van der Waals surface area (Å²) in [5.41, 5.74) is 10.4. The van der Waals surface area contributed by atoms with Crippen LogP contribution in [0, 0.1) is 11.3 Å². The highest BCUT2D eigenvalue weighted by Crippen LogP contribution is 2.42. The summed E-state index contributed by atoms with van der Waals surface area (Å²) in [6.07, 6.45) is 4.37. The molecule has 1 aliphatic rings. The number of carbonyl (C=O) groups excluding carboxylic acids is 1. The Hall–Kier alpha value is -1.92. The zero-order valence-electron chi connectivity index (χ0n) is 17.0. The largest absolute Gasteiger partial charge is 0.397 e. The standard InChI is InChI=1S/C23H26BrN3OS/c1-4-23(2,3)14-8-9-18-13(10-14)11-17-19(25)20(29-22(17)27-18)21(28)26-16-7-5-6-15(24)12-16/h5-7,11-12,14H,4,8-10,25H2,1-3H3,(H,26,28). The van der Waals surface area contributed by atoms with Gasteiger partial charge in [0, 0.05) is 21.2 Å². The van der Waals surface area contributed by atoms with E-state index in [0.29, 0.717) is 21.9 Å². The number of thiophene rings is 1. The molecule has 1 aromatic carbocycles. The number of hydrogen-bond donors (Lipinski definition) is 2. The Bertz CT molecular complexity index is 1090. The van der Waals surface area contributed by atoms with Gasteiger partial charge in [0.2, 0.25) is 0 Å². The van der Waals surface area contributed by atoms with Crippen LogP contribution >= 0.6 is 27.3 Å². The number of aryl methyl sites for hydroxylation is 1. The van der Waals surface area contributed by atoms with Gasteiger partial charge in [-0.2, -0.15) is 0 Å². The van der Waals surface area contributed by atoms with Gasteiger partial charge in [-0.3, -0.25) is 4.79 Å². The van der Waals surface area contributed by atoms with E-state index >= 15 is 0 Å². The molecule has 0 bridgehead atoms. The molecule has 3 aromatic rings. The Morgan fingerprint density at radius 3 is 2.90 bits per heavy atom. The maximum absolute atomic E-state index is 12.8. The number of fused-ring (bicyclic) bond motifs is 2. The number of nitrogen functional groups attached to an aromatic ring is 1. The zero-order valence-corrected chi connectivity index (χ0v) is 19.4. The average Bonchev–Trinajstić information content (AvgIpc) is 3.01. The van der Waals surface area contributed by atoms with Gasteiger partial charge in [0.05, 0.1) is 5.69 Å². The van der Waals surface area contributed by atoms with Crippen molar-refractivity contribution in [3.05, 3.63) is 50.9 Å². The zero-order chi connectivity index (χ0) is 20.8. The van der Waals surface area contributed by atoms with Crippen LogP contribution in [0.1, 0.15) is 54.5 Å². The molecule has 2 heterocycles. The molecule has 1 unspecified atom stereocenters. The monoisotopic (exact) mass is 471 g/mol. The Labute approximate surface area is 184 Å². The molecule has 0 saturated carbocycles. The molecule has 2 aromatic heterocycles. The van der Waals surface area contributed by atoms with Crippen LogP contribution in [0.5, 0.6) is 0 Å². The van der Waals surface area contributed by atoms with Crippen molar-refractivity contribution in [2.75, 3.05) is 11.1 Å². The summed E-state index contributed by atoms with van der Waals surface area (Å²) in [5, 5.41) is 3.84. The number of nitrogens with one attached hydrogen (secondary N) is 1. The first-order chi connectivity index (χ1) is 13.8. The Morgan fingerprint density at radius 1 is 1.38 bits per heavy atom. The van der Waals surface area contributed by atoms with Gasteiger partial charge in [-0.05, 0) is 60.4 Å². The van der Waals surface area contributed by atoms with E-state index in [0.717, 1.165) is 33.2 Å². The SMILES string of the molecule is CCC(C)(C)C1CCc2nc3sc(C(=O)Nc4cccc(Br)c4)c(N)c3cc2C1. The van der Waals surface area contributed by atoms with E-state index in [2.05, 4.69) is 48.1 Å². The molecule has 0 radical (unpaired) electrons. The smallest absolute Gasteiger partial charge is 0.267 e. The van der Waals surface area contributed by atoms with Crippen LogP contribution < -0.4 is 11.1 Å². The number of halogens is 1. The quantitative estimate of drug-likeness (QED) is 0.460. The molecule has 0 saturated heterocycles. The molecule has 0 spiro atoms. The predicted octanol–water partition coefficient (Wildman–Crippen LogP) is 6.43. The molecule has 4 nitrogen and oxygen atoms in total. The van der Waals surface area contributed by atoms with Gasteiger partial charge in [-0.25, -0.2) is 4.98 Å². The highest BCUT2D eigenvalue weighted by molar-refractivity contribution is 9.10. The van der Waals surface area contributed by atoms with Gasteiger partial charge in [-0.15, -0.1) is 11.3 Å². The topological polar surface area (TPSA) is 68.0 Å². The number of benzene rings is 1. The lowest BCUT2D eigenvalue weighted by atomic mass is 9.69. The summed E-state index contributed by atoms with van der Waals surface area (Å²) in [7, 11) is 0. The minimum absolute atomic E-state index is 0.188. The maximum Gasteiger partial charge on any atom is 0.267 e. The number of aromatic nitrogens is 1. The van der Waals surface area contributed by atoms with E-state index in [1.165, 1.54) is 35.4 Å². The fourth-order valence-corrected chi connectivity index (χ4v) is 5.46. The van der Waals surface area contributed by atoms with E-state index in [1.54, 1.807) is 0 Å². The lowest BCUT2D eigenvalue weighted by Gasteiger charge is -2.36.